The summed E-state index contributed by atoms with van der Waals surface area (Å²) in [6.45, 7) is 11.9. The molecule has 8 nitrogen and oxygen atoms in total. The van der Waals surface area contributed by atoms with Crippen LogP contribution in [0, 0.1) is 13.8 Å². The molecule has 0 radical (unpaired) electrons. The zero-order valence-electron chi connectivity index (χ0n) is 24.8. The second-order valence-electron chi connectivity index (χ2n) is 11.8. The van der Waals surface area contributed by atoms with E-state index >= 15 is 0 Å². The zero-order valence-corrected chi connectivity index (χ0v) is 24.8. The van der Waals surface area contributed by atoms with Crippen LogP contribution in [-0.2, 0) is 20.7 Å². The molecule has 0 aromatic heterocycles. The number of carbonyl (C=O) groups is 3. The van der Waals surface area contributed by atoms with E-state index in [-0.39, 0.29) is 30.0 Å². The van der Waals surface area contributed by atoms with Crippen LogP contribution in [0.5, 0.6) is 5.75 Å². The third-order valence-corrected chi connectivity index (χ3v) is 6.89. The number of hydrogen-bond donors (Lipinski definition) is 3. The molecule has 218 valence electrons. The fraction of sp³-hybridized carbons (Fsp3) is 0.531. The molecule has 0 aliphatic heterocycles. The third kappa shape index (κ3) is 9.00. The quantitative estimate of drug-likeness (QED) is 0.303. The summed E-state index contributed by atoms with van der Waals surface area (Å²) in [6, 6.07) is 10.5. The number of ether oxygens (including phenoxy) is 1. The van der Waals surface area contributed by atoms with E-state index in [4.69, 9.17) is 4.74 Å². The van der Waals surface area contributed by atoms with E-state index in [2.05, 4.69) is 17.6 Å². The van der Waals surface area contributed by atoms with Crippen molar-refractivity contribution in [3.8, 4) is 5.75 Å². The van der Waals surface area contributed by atoms with Crippen molar-refractivity contribution < 1.29 is 24.2 Å². The highest BCUT2D eigenvalue weighted by molar-refractivity contribution is 5.93. The topological polar surface area (TPSA) is 108 Å². The number of hydrogen-bond acceptors (Lipinski definition) is 5. The van der Waals surface area contributed by atoms with Crippen molar-refractivity contribution in [2.75, 3.05) is 6.54 Å². The van der Waals surface area contributed by atoms with E-state index in [1.807, 2.05) is 32.0 Å². The first-order valence-corrected chi connectivity index (χ1v) is 14.3. The lowest BCUT2D eigenvalue weighted by atomic mass is 9.95. The summed E-state index contributed by atoms with van der Waals surface area (Å²) in [6.07, 6.45) is 3.96. The Bertz CT molecular complexity index is 1170. The van der Waals surface area contributed by atoms with Crippen molar-refractivity contribution in [2.24, 2.45) is 0 Å². The van der Waals surface area contributed by atoms with E-state index in [9.17, 15) is 19.5 Å². The van der Waals surface area contributed by atoms with Gasteiger partial charge in [-0.3, -0.25) is 9.59 Å². The van der Waals surface area contributed by atoms with E-state index in [1.54, 1.807) is 49.9 Å². The van der Waals surface area contributed by atoms with Gasteiger partial charge in [0.1, 0.15) is 23.4 Å². The molecule has 3 amide bonds. The number of amides is 3. The fourth-order valence-corrected chi connectivity index (χ4v) is 4.80. The monoisotopic (exact) mass is 551 g/mol. The summed E-state index contributed by atoms with van der Waals surface area (Å²) in [4.78, 5) is 42.7. The standard InChI is InChI=1S/C32H45N3O5/c1-7-8-9-18-33-29(37)28(26-17-10-21(2)19-22(26)3)35(24-13-14-24)30(38)27(34-31(39)40-32(4,5)6)20-23-11-15-25(36)16-12-23/h10-12,15-17,19,24,27-28,36H,7-9,13-14,18,20H2,1-6H3,(H,33,37)(H,34,39). The Morgan fingerprint density at radius 1 is 1.05 bits per heavy atom. The van der Waals surface area contributed by atoms with Crippen molar-refractivity contribution in [2.45, 2.75) is 104 Å². The van der Waals surface area contributed by atoms with Crippen LogP contribution < -0.4 is 10.6 Å². The molecule has 40 heavy (non-hydrogen) atoms. The fourth-order valence-electron chi connectivity index (χ4n) is 4.80. The van der Waals surface area contributed by atoms with Gasteiger partial charge in [0.2, 0.25) is 11.8 Å². The molecule has 1 aliphatic carbocycles. The maximum absolute atomic E-state index is 14.4. The van der Waals surface area contributed by atoms with Crippen LogP contribution in [0.2, 0.25) is 0 Å². The molecule has 1 aliphatic rings. The van der Waals surface area contributed by atoms with Crippen molar-refractivity contribution in [3.63, 3.8) is 0 Å². The number of unbranched alkanes of at least 4 members (excludes halogenated alkanes) is 2. The first-order chi connectivity index (χ1) is 18.9. The van der Waals surface area contributed by atoms with Crippen LogP contribution >= 0.6 is 0 Å². The summed E-state index contributed by atoms with van der Waals surface area (Å²) in [5.74, 6) is -0.444. The minimum Gasteiger partial charge on any atom is -0.508 e. The first kappa shape index (κ1) is 31.0. The number of carbonyl (C=O) groups excluding carboxylic acids is 3. The number of phenolic OH excluding ortho intramolecular Hbond substituents is 1. The molecule has 3 N–H and O–H groups in total. The van der Waals surface area contributed by atoms with Gasteiger partial charge in [-0.25, -0.2) is 4.79 Å². The summed E-state index contributed by atoms with van der Waals surface area (Å²) >= 11 is 0. The average molecular weight is 552 g/mol. The SMILES string of the molecule is CCCCCNC(=O)C(c1ccc(C)cc1C)N(C(=O)C(Cc1ccc(O)cc1)NC(=O)OC(C)(C)C)C1CC1. The maximum atomic E-state index is 14.4. The smallest absolute Gasteiger partial charge is 0.408 e. The van der Waals surface area contributed by atoms with Crippen LogP contribution in [-0.4, -0.2) is 52.1 Å². The Labute approximate surface area is 238 Å². The maximum Gasteiger partial charge on any atom is 0.408 e. The summed E-state index contributed by atoms with van der Waals surface area (Å²) in [5, 5.41) is 15.6. The second-order valence-corrected chi connectivity index (χ2v) is 11.8. The Morgan fingerprint density at radius 2 is 1.73 bits per heavy atom. The molecule has 2 unspecified atom stereocenters. The molecule has 2 atom stereocenters. The van der Waals surface area contributed by atoms with Gasteiger partial charge in [-0.2, -0.15) is 0 Å². The van der Waals surface area contributed by atoms with Gasteiger partial charge in [-0.15, -0.1) is 0 Å². The normalized spacial score (nSPS) is 14.7. The van der Waals surface area contributed by atoms with E-state index in [1.165, 1.54) is 0 Å². The van der Waals surface area contributed by atoms with Crippen LogP contribution in [0.3, 0.4) is 0 Å². The largest absolute Gasteiger partial charge is 0.508 e. The Morgan fingerprint density at radius 3 is 2.30 bits per heavy atom. The molecule has 2 aromatic rings. The predicted molar refractivity (Wildman–Crippen MR) is 156 cm³/mol. The number of rotatable bonds is 12. The summed E-state index contributed by atoms with van der Waals surface area (Å²) in [5.41, 5.74) is 2.80. The van der Waals surface area contributed by atoms with Crippen LogP contribution in [0.25, 0.3) is 0 Å². The van der Waals surface area contributed by atoms with Crippen LogP contribution in [0.4, 0.5) is 4.79 Å². The van der Waals surface area contributed by atoms with Gasteiger partial charge >= 0.3 is 6.09 Å². The number of alkyl carbamates (subject to hydrolysis) is 1. The molecule has 1 saturated carbocycles. The molecular formula is C32H45N3O5. The number of nitrogens with zero attached hydrogens (tertiary/aromatic N) is 1. The lowest BCUT2D eigenvalue weighted by Gasteiger charge is -2.35. The lowest BCUT2D eigenvalue weighted by molar-refractivity contribution is -0.143. The molecule has 0 bridgehead atoms. The minimum atomic E-state index is -0.971. The zero-order chi connectivity index (χ0) is 29.4. The number of benzene rings is 2. The highest BCUT2D eigenvalue weighted by Gasteiger charge is 2.44. The van der Waals surface area contributed by atoms with Crippen LogP contribution in [0.15, 0.2) is 42.5 Å². The third-order valence-electron chi connectivity index (χ3n) is 6.89. The second kappa shape index (κ2) is 13.7. The van der Waals surface area contributed by atoms with E-state index < -0.39 is 23.8 Å². The van der Waals surface area contributed by atoms with Crippen molar-refractivity contribution in [1.29, 1.82) is 0 Å². The van der Waals surface area contributed by atoms with Crippen molar-refractivity contribution in [3.05, 3.63) is 64.7 Å². The van der Waals surface area contributed by atoms with E-state index in [0.29, 0.717) is 6.54 Å². The van der Waals surface area contributed by atoms with Gasteiger partial charge in [-0.1, -0.05) is 55.7 Å². The molecule has 2 aromatic carbocycles. The molecule has 3 rings (SSSR count). The lowest BCUT2D eigenvalue weighted by Crippen LogP contribution is -2.54. The average Bonchev–Trinajstić information content (AvgIpc) is 3.70. The Balaban J connectivity index is 2.00. The van der Waals surface area contributed by atoms with Gasteiger partial charge in [0.05, 0.1) is 0 Å². The van der Waals surface area contributed by atoms with E-state index in [0.717, 1.165) is 54.4 Å². The molecular weight excluding hydrogens is 506 g/mol. The Kier molecular flexibility index (Phi) is 10.6. The molecule has 8 heteroatoms. The van der Waals surface area contributed by atoms with Crippen molar-refractivity contribution >= 4 is 17.9 Å². The molecule has 0 heterocycles. The molecule has 0 saturated heterocycles. The van der Waals surface area contributed by atoms with Gasteiger partial charge in [0, 0.05) is 19.0 Å². The summed E-state index contributed by atoms with van der Waals surface area (Å²) in [7, 11) is 0. The Hall–Kier alpha value is -3.55. The first-order valence-electron chi connectivity index (χ1n) is 14.3. The molecule has 1 fully saturated rings. The number of aromatic hydroxyl groups is 1. The number of aryl methyl sites for hydroxylation is 2. The van der Waals surface area contributed by atoms with Gasteiger partial charge in [0.15, 0.2) is 0 Å². The molecule has 0 spiro atoms. The van der Waals surface area contributed by atoms with Crippen molar-refractivity contribution in [1.82, 2.24) is 15.5 Å². The predicted octanol–water partition coefficient (Wildman–Crippen LogP) is 5.48. The van der Waals surface area contributed by atoms with Gasteiger partial charge in [-0.05, 0) is 82.7 Å². The van der Waals surface area contributed by atoms with Crippen LogP contribution in [0.1, 0.15) is 88.1 Å². The number of phenols is 1. The highest BCUT2D eigenvalue weighted by Crippen LogP contribution is 2.37. The number of nitrogens with one attached hydrogen (secondary N) is 2. The van der Waals surface area contributed by atoms with Gasteiger partial charge < -0.3 is 25.4 Å². The highest BCUT2D eigenvalue weighted by atomic mass is 16.6. The summed E-state index contributed by atoms with van der Waals surface area (Å²) < 4.78 is 5.49. The minimum absolute atomic E-state index is 0.109. The van der Waals surface area contributed by atoms with Gasteiger partial charge in [0.25, 0.3) is 0 Å².